The van der Waals surface area contributed by atoms with E-state index in [1.54, 1.807) is 0 Å². The van der Waals surface area contributed by atoms with E-state index in [4.69, 9.17) is 0 Å². The lowest BCUT2D eigenvalue weighted by Gasteiger charge is -2.30. The molecule has 0 amide bonds. The van der Waals surface area contributed by atoms with Crippen molar-refractivity contribution in [3.05, 3.63) is 96.2 Å². The summed E-state index contributed by atoms with van der Waals surface area (Å²) in [7, 11) is 0. The minimum absolute atomic E-state index is 0.384. The maximum atomic E-state index is 9.41. The molecule has 0 saturated carbocycles. The van der Waals surface area contributed by atoms with Crippen molar-refractivity contribution in [2.75, 3.05) is 26.2 Å². The largest absolute Gasteiger partial charge is 0.545 e. The van der Waals surface area contributed by atoms with Gasteiger partial charge in [-0.05, 0) is 152 Å². The van der Waals surface area contributed by atoms with Crippen molar-refractivity contribution in [2.45, 2.75) is 103 Å². The van der Waals surface area contributed by atoms with Gasteiger partial charge in [0.15, 0.2) is 0 Å². The van der Waals surface area contributed by atoms with Crippen LogP contribution in [0.1, 0.15) is 75.1 Å². The van der Waals surface area contributed by atoms with E-state index >= 15 is 0 Å². The van der Waals surface area contributed by atoms with E-state index in [2.05, 4.69) is 42.7 Å². The lowest BCUT2D eigenvalue weighted by Crippen LogP contribution is -2.37. The van der Waals surface area contributed by atoms with Crippen LogP contribution in [0.15, 0.2) is 73.4 Å². The van der Waals surface area contributed by atoms with Crippen molar-refractivity contribution in [1.82, 2.24) is 28.9 Å². The lowest BCUT2D eigenvalue weighted by molar-refractivity contribution is -0.301. The Labute approximate surface area is 412 Å². The van der Waals surface area contributed by atoms with Crippen LogP contribution in [0.3, 0.4) is 0 Å². The Bertz CT molecular complexity index is 1930. The molecule has 396 valence electrons. The van der Waals surface area contributed by atoms with E-state index in [-0.39, 0.29) is 0 Å². The number of hydrogen-bond acceptors (Lipinski definition) is 24. The average Bonchev–Trinajstić information content (AvgIpc) is 4.17. The van der Waals surface area contributed by atoms with Gasteiger partial charge in [0.25, 0.3) is 0 Å². The molecular weight excluding hydrogens is 957 g/mol. The number of carboxylic acids is 10. The summed E-state index contributed by atoms with van der Waals surface area (Å²) in [5, 5.41) is 94.1. The normalized spacial score (nSPS) is 16.8. The van der Waals surface area contributed by atoms with Crippen molar-refractivity contribution in [3.8, 4) is 0 Å². The minimum Gasteiger partial charge on any atom is -0.545 e. The summed E-state index contributed by atoms with van der Waals surface area (Å²) in [6.07, 6.45) is 21.0. The van der Waals surface area contributed by atoms with Gasteiger partial charge >= 0.3 is 0 Å². The fraction of sp³-hybridized carbons (Fsp3) is 0.435. The van der Waals surface area contributed by atoms with Crippen LogP contribution >= 0.6 is 0 Å². The van der Waals surface area contributed by atoms with Crippen LogP contribution in [0.5, 0.6) is 0 Å². The number of aliphatic carboxylic acids is 10. The number of likely N-dealkylation sites (tertiary alicyclic amines) is 2. The van der Waals surface area contributed by atoms with Gasteiger partial charge in [0.2, 0.25) is 0 Å². The van der Waals surface area contributed by atoms with Gasteiger partial charge in [-0.15, -0.1) is 0 Å². The fourth-order valence-corrected chi connectivity index (χ4v) is 7.13. The third-order valence-electron chi connectivity index (χ3n) is 10.1. The number of fused-ring (bicyclic) bond motifs is 2. The Balaban J connectivity index is 0.000000845. The molecule has 26 nitrogen and oxygen atoms in total. The Morgan fingerprint density at radius 3 is 0.806 bits per heavy atom. The second kappa shape index (κ2) is 35.8. The van der Waals surface area contributed by atoms with Crippen molar-refractivity contribution in [1.29, 1.82) is 0 Å². The smallest absolute Gasteiger partial charge is 0.0951 e. The zero-order valence-corrected chi connectivity index (χ0v) is 39.2. The summed E-state index contributed by atoms with van der Waals surface area (Å²) in [4.78, 5) is 109. The number of carbonyl (C=O) groups excluding carboxylic acids is 10. The molecule has 0 radical (unpaired) electrons. The molecular formula is C46H52N6O20-10. The topological polar surface area (TPSA) is 443 Å². The molecule has 0 aromatic carbocycles. The van der Waals surface area contributed by atoms with Crippen molar-refractivity contribution in [3.63, 3.8) is 0 Å². The van der Waals surface area contributed by atoms with Gasteiger partial charge in [-0.1, -0.05) is 0 Å². The zero-order chi connectivity index (χ0) is 54.8. The summed E-state index contributed by atoms with van der Waals surface area (Å²) in [6, 6.07) is 1.55. The zero-order valence-electron chi connectivity index (χ0n) is 39.2. The predicted octanol–water partition coefficient (Wildman–Crippen LogP) is -11.1. The van der Waals surface area contributed by atoms with E-state index in [0.717, 1.165) is 25.2 Å². The molecule has 4 aliphatic rings. The van der Waals surface area contributed by atoms with Gasteiger partial charge in [-0.2, -0.15) is 0 Å². The first kappa shape index (κ1) is 63.7. The fourth-order valence-electron chi connectivity index (χ4n) is 7.13. The molecule has 0 N–H and O–H groups in total. The van der Waals surface area contributed by atoms with Gasteiger partial charge < -0.3 is 108 Å². The van der Waals surface area contributed by atoms with Crippen LogP contribution in [-0.4, -0.2) is 127 Å². The lowest BCUT2D eigenvalue weighted by atomic mass is 9.95. The molecule has 2 atom stereocenters. The quantitative estimate of drug-likeness (QED) is 0.159. The number of carboxylic acid groups (broad SMARTS) is 10. The van der Waals surface area contributed by atoms with Crippen LogP contribution in [0.25, 0.3) is 0 Å². The van der Waals surface area contributed by atoms with E-state index in [0.29, 0.717) is 60.8 Å². The summed E-state index contributed by atoms with van der Waals surface area (Å²) in [6.45, 7) is 11.8. The number of imidazole rings is 2. The molecule has 4 heterocycles. The van der Waals surface area contributed by atoms with Gasteiger partial charge in [-0.25, -0.2) is 9.97 Å². The van der Waals surface area contributed by atoms with E-state index < -0.39 is 59.7 Å². The van der Waals surface area contributed by atoms with E-state index in [1.807, 2.05) is 12.7 Å². The molecule has 0 bridgehead atoms. The van der Waals surface area contributed by atoms with Gasteiger partial charge in [0.1, 0.15) is 0 Å². The maximum absolute atomic E-state index is 9.41. The molecule has 2 fully saturated rings. The van der Waals surface area contributed by atoms with Crippen molar-refractivity contribution < 1.29 is 99.0 Å². The Morgan fingerprint density at radius 2 is 0.625 bits per heavy atom. The van der Waals surface area contributed by atoms with E-state index in [9.17, 15) is 99.0 Å². The SMILES string of the molecule is CCn1cnc2c1CCC(N1CCCC1)C2.CCn1cnc2c1CCC(N1CCCC1)C2.O=C([O-])/C=C/C(=O)[O-].O=C([O-])/C=C/C(=O)[O-].O=C([O-])/C=C/C(=O)[O-].O=C([O-])/C=C/C(=O)[O-].O=C([O-])/C=C/C(=O)[O-]. The Kier molecular flexibility index (Phi) is 31.7. The van der Waals surface area contributed by atoms with Crippen LogP contribution in [0.4, 0.5) is 0 Å². The number of hydrogen-bond donors (Lipinski definition) is 0. The first-order valence-electron chi connectivity index (χ1n) is 21.9. The Morgan fingerprint density at radius 1 is 0.417 bits per heavy atom. The molecule has 2 aliphatic carbocycles. The van der Waals surface area contributed by atoms with Crippen LogP contribution in [0.2, 0.25) is 0 Å². The second-order valence-corrected chi connectivity index (χ2v) is 15.0. The molecule has 6 rings (SSSR count). The highest BCUT2D eigenvalue weighted by Crippen LogP contribution is 2.27. The highest BCUT2D eigenvalue weighted by molar-refractivity contribution is 5.89. The monoisotopic (exact) mass is 1010 g/mol. The number of nitrogens with zero attached hydrogens (tertiary/aromatic N) is 6. The molecule has 2 aromatic rings. The third kappa shape index (κ3) is 30.3. The average molecular weight is 1010 g/mol. The number of rotatable bonds is 14. The van der Waals surface area contributed by atoms with E-state index in [1.165, 1.54) is 113 Å². The van der Waals surface area contributed by atoms with Gasteiger partial charge in [0, 0.05) is 49.4 Å². The molecule has 26 heteroatoms. The molecule has 72 heavy (non-hydrogen) atoms. The molecule has 2 aliphatic heterocycles. The molecule has 2 unspecified atom stereocenters. The summed E-state index contributed by atoms with van der Waals surface area (Å²) >= 11 is 0. The number of aromatic nitrogens is 4. The molecule has 2 saturated heterocycles. The third-order valence-corrected chi connectivity index (χ3v) is 10.1. The number of carbonyl (C=O) groups is 10. The standard InChI is InChI=1S/2C13H21N3.5C4H4O4/c2*1-2-15-10-14-12-9-11(5-6-13(12)15)16-7-3-4-8-16;5*5-3(6)1-2-4(7)8/h2*10-11H,2-9H2,1H3;5*1-2H,(H,5,6)(H,7,8)/p-10/b;;5*2-1+. The predicted molar refractivity (Wildman–Crippen MR) is 225 cm³/mol. The summed E-state index contributed by atoms with van der Waals surface area (Å²) < 4.78 is 4.63. The number of aryl methyl sites for hydroxylation is 2. The second-order valence-electron chi connectivity index (χ2n) is 15.0. The van der Waals surface area contributed by atoms with Gasteiger partial charge in [-0.3, -0.25) is 9.80 Å². The van der Waals surface area contributed by atoms with Crippen molar-refractivity contribution >= 4 is 59.7 Å². The van der Waals surface area contributed by atoms with Crippen LogP contribution in [-0.2, 0) is 86.7 Å². The first-order valence-corrected chi connectivity index (χ1v) is 21.9. The van der Waals surface area contributed by atoms with Gasteiger partial charge in [0.05, 0.1) is 83.7 Å². The first-order chi connectivity index (χ1) is 33.9. The van der Waals surface area contributed by atoms with Crippen LogP contribution < -0.4 is 51.1 Å². The highest BCUT2D eigenvalue weighted by atomic mass is 16.4. The van der Waals surface area contributed by atoms with Crippen molar-refractivity contribution in [2.24, 2.45) is 0 Å². The highest BCUT2D eigenvalue weighted by Gasteiger charge is 2.29. The molecule has 0 spiro atoms. The summed E-state index contributed by atoms with van der Waals surface area (Å²) in [5.41, 5.74) is 5.73. The molecule has 2 aromatic heterocycles. The maximum Gasteiger partial charge on any atom is 0.0951 e. The van der Waals surface area contributed by atoms with Crippen LogP contribution in [0, 0.1) is 0 Å². The Hall–Kier alpha value is -8.26. The summed E-state index contributed by atoms with van der Waals surface area (Å²) in [5.74, 6) is -15.5. The minimum atomic E-state index is -1.55.